The monoisotopic (exact) mass is 329 g/mol. The molecule has 0 aromatic heterocycles. The standard InChI is InChI=1S/C10H7NO2S.2C2H6.4CH4/c12-14(13)9-6-2-4-7-3-1-5-8(11-14)10(7)9;2*1-2;;;;/h1-6,11H;2*1-2H3;4*1H4. The maximum absolute atomic E-state index is 11.6. The van der Waals surface area contributed by atoms with E-state index < -0.39 is 10.0 Å². The summed E-state index contributed by atoms with van der Waals surface area (Å²) >= 11 is 0. The molecule has 0 saturated heterocycles. The largest absolute Gasteiger partial charge is 0.279 e. The van der Waals surface area contributed by atoms with Crippen LogP contribution in [-0.2, 0) is 10.0 Å². The lowest BCUT2D eigenvalue weighted by Crippen LogP contribution is -2.05. The number of benzene rings is 2. The molecule has 1 N–H and O–H groups in total. The molecular formula is C18H35NO2S. The van der Waals surface area contributed by atoms with Gasteiger partial charge in [0.25, 0.3) is 10.0 Å². The molecule has 1 aliphatic rings. The molecule has 4 heteroatoms. The van der Waals surface area contributed by atoms with Crippen LogP contribution in [0.1, 0.15) is 57.4 Å². The van der Waals surface area contributed by atoms with E-state index in [9.17, 15) is 8.42 Å². The van der Waals surface area contributed by atoms with Gasteiger partial charge in [-0.25, -0.2) is 8.42 Å². The molecule has 130 valence electrons. The van der Waals surface area contributed by atoms with Crippen molar-refractivity contribution in [2.24, 2.45) is 0 Å². The number of hydrogen-bond donors (Lipinski definition) is 1. The fraction of sp³-hybridized carbons (Fsp3) is 0.444. The molecule has 0 bridgehead atoms. The first-order chi connectivity index (χ1) is 8.68. The van der Waals surface area contributed by atoms with Crippen molar-refractivity contribution >= 4 is 26.5 Å². The van der Waals surface area contributed by atoms with Crippen molar-refractivity contribution in [3.63, 3.8) is 0 Å². The van der Waals surface area contributed by atoms with Crippen molar-refractivity contribution in [2.75, 3.05) is 4.72 Å². The van der Waals surface area contributed by atoms with Gasteiger partial charge in [0.2, 0.25) is 0 Å². The van der Waals surface area contributed by atoms with Gasteiger partial charge >= 0.3 is 0 Å². The molecule has 0 spiro atoms. The first-order valence-corrected chi connectivity index (χ1v) is 7.71. The average Bonchev–Trinajstić information content (AvgIpc) is 2.68. The third-order valence-electron chi connectivity index (χ3n) is 2.40. The molecule has 3 rings (SSSR count). The van der Waals surface area contributed by atoms with E-state index in [2.05, 4.69) is 4.72 Å². The Morgan fingerprint density at radius 2 is 1.23 bits per heavy atom. The van der Waals surface area contributed by atoms with Crippen molar-refractivity contribution in [2.45, 2.75) is 62.3 Å². The number of anilines is 1. The Balaban J connectivity index is -0.000000189. The zero-order valence-electron chi connectivity index (χ0n) is 11.2. The maximum atomic E-state index is 11.6. The second kappa shape index (κ2) is 12.0. The zero-order valence-corrected chi connectivity index (χ0v) is 12.0. The van der Waals surface area contributed by atoms with Crippen LogP contribution < -0.4 is 4.72 Å². The third-order valence-corrected chi connectivity index (χ3v) is 3.81. The number of rotatable bonds is 0. The lowest BCUT2D eigenvalue weighted by Gasteiger charge is -1.96. The average molecular weight is 330 g/mol. The SMILES string of the molecule is C.C.C.C.CC.CC.O=S1(=O)Nc2cccc3cccc1c23. The highest BCUT2D eigenvalue weighted by atomic mass is 32.2. The van der Waals surface area contributed by atoms with Crippen LogP contribution in [0, 0.1) is 0 Å². The molecule has 1 aliphatic heterocycles. The Morgan fingerprint density at radius 3 is 1.73 bits per heavy atom. The van der Waals surface area contributed by atoms with Crippen LogP contribution in [0.15, 0.2) is 41.3 Å². The predicted octanol–water partition coefficient (Wildman–Crippen LogP) is 6.55. The smallest absolute Gasteiger partial charge is 0.262 e. The summed E-state index contributed by atoms with van der Waals surface area (Å²) in [6.45, 7) is 8.00. The summed E-state index contributed by atoms with van der Waals surface area (Å²) in [5.74, 6) is 0. The lowest BCUT2D eigenvalue weighted by molar-refractivity contribution is 0.603. The minimum absolute atomic E-state index is 0. The summed E-state index contributed by atoms with van der Waals surface area (Å²) in [4.78, 5) is 0.380. The van der Waals surface area contributed by atoms with E-state index in [1.807, 2.05) is 45.9 Å². The van der Waals surface area contributed by atoms with Crippen molar-refractivity contribution in [1.82, 2.24) is 0 Å². The Hall–Kier alpha value is -1.55. The molecule has 0 fully saturated rings. The zero-order chi connectivity index (χ0) is 13.8. The minimum atomic E-state index is -3.31. The van der Waals surface area contributed by atoms with E-state index in [1.165, 1.54) is 0 Å². The number of nitrogens with one attached hydrogen (secondary N) is 1. The van der Waals surface area contributed by atoms with Crippen molar-refractivity contribution in [3.05, 3.63) is 36.4 Å². The first kappa shape index (κ1) is 28.6. The molecule has 2 aromatic carbocycles. The van der Waals surface area contributed by atoms with Gasteiger partial charge < -0.3 is 0 Å². The first-order valence-electron chi connectivity index (χ1n) is 6.23. The normalized spacial score (nSPS) is 11.3. The molecule has 2 aromatic rings. The Labute approximate surface area is 138 Å². The van der Waals surface area contributed by atoms with Crippen LogP contribution in [0.5, 0.6) is 0 Å². The number of hydrogen-bond acceptors (Lipinski definition) is 2. The quantitative estimate of drug-likeness (QED) is 0.595. The molecule has 3 nitrogen and oxygen atoms in total. The van der Waals surface area contributed by atoms with Crippen LogP contribution in [-0.4, -0.2) is 8.42 Å². The van der Waals surface area contributed by atoms with Gasteiger partial charge in [0.15, 0.2) is 0 Å². The van der Waals surface area contributed by atoms with Gasteiger partial charge in [-0.15, -0.1) is 0 Å². The number of sulfonamides is 1. The van der Waals surface area contributed by atoms with E-state index in [0.717, 1.165) is 10.8 Å². The van der Waals surface area contributed by atoms with Gasteiger partial charge in [0, 0.05) is 5.39 Å². The summed E-state index contributed by atoms with van der Waals surface area (Å²) in [6, 6.07) is 10.8. The van der Waals surface area contributed by atoms with Crippen LogP contribution in [0.3, 0.4) is 0 Å². The molecule has 0 unspecified atom stereocenters. The minimum Gasteiger partial charge on any atom is -0.279 e. The second-order valence-electron chi connectivity index (χ2n) is 3.27. The van der Waals surface area contributed by atoms with Gasteiger partial charge in [-0.05, 0) is 17.5 Å². The fourth-order valence-electron chi connectivity index (χ4n) is 1.82. The highest BCUT2D eigenvalue weighted by Crippen LogP contribution is 2.36. The summed E-state index contributed by atoms with van der Waals surface area (Å²) in [5.41, 5.74) is 0.679. The van der Waals surface area contributed by atoms with E-state index >= 15 is 0 Å². The molecular weight excluding hydrogens is 294 g/mol. The van der Waals surface area contributed by atoms with E-state index in [4.69, 9.17) is 0 Å². The topological polar surface area (TPSA) is 46.2 Å². The molecule has 1 heterocycles. The van der Waals surface area contributed by atoms with Gasteiger partial charge in [0.1, 0.15) is 0 Å². The van der Waals surface area contributed by atoms with Crippen LogP contribution in [0.25, 0.3) is 10.8 Å². The van der Waals surface area contributed by atoms with Gasteiger partial charge in [0.05, 0.1) is 10.6 Å². The van der Waals surface area contributed by atoms with Gasteiger partial charge in [-0.2, -0.15) is 0 Å². The molecule has 22 heavy (non-hydrogen) atoms. The van der Waals surface area contributed by atoms with Crippen LogP contribution >= 0.6 is 0 Å². The van der Waals surface area contributed by atoms with Crippen LogP contribution in [0.4, 0.5) is 5.69 Å². The molecule has 0 amide bonds. The Bertz CT molecular complexity index is 629. The summed E-state index contributed by atoms with van der Waals surface area (Å²) in [6.07, 6.45) is 0. The Kier molecular flexibility index (Phi) is 15.6. The van der Waals surface area contributed by atoms with Crippen molar-refractivity contribution in [3.8, 4) is 0 Å². The van der Waals surface area contributed by atoms with Crippen molar-refractivity contribution in [1.29, 1.82) is 0 Å². The molecule has 0 aliphatic carbocycles. The van der Waals surface area contributed by atoms with E-state index in [-0.39, 0.29) is 29.7 Å². The van der Waals surface area contributed by atoms with Crippen LogP contribution in [0.2, 0.25) is 0 Å². The lowest BCUT2D eigenvalue weighted by atomic mass is 10.1. The van der Waals surface area contributed by atoms with Gasteiger partial charge in [-0.1, -0.05) is 81.7 Å². The predicted molar refractivity (Wildman–Crippen MR) is 104 cm³/mol. The molecule has 0 atom stereocenters. The maximum Gasteiger partial charge on any atom is 0.262 e. The summed E-state index contributed by atoms with van der Waals surface area (Å²) < 4.78 is 25.8. The van der Waals surface area contributed by atoms with E-state index in [1.54, 1.807) is 18.2 Å². The summed E-state index contributed by atoms with van der Waals surface area (Å²) in [5, 5.41) is 1.75. The molecule has 0 saturated carbocycles. The molecule has 0 radical (unpaired) electrons. The fourth-order valence-corrected chi connectivity index (χ4v) is 3.14. The third kappa shape index (κ3) is 5.02. The highest BCUT2D eigenvalue weighted by Gasteiger charge is 2.26. The van der Waals surface area contributed by atoms with Crippen molar-refractivity contribution < 1.29 is 8.42 Å². The van der Waals surface area contributed by atoms with Gasteiger partial charge in [-0.3, -0.25) is 4.72 Å². The van der Waals surface area contributed by atoms with E-state index in [0.29, 0.717) is 10.6 Å². The second-order valence-corrected chi connectivity index (χ2v) is 4.92. The Morgan fingerprint density at radius 1 is 0.773 bits per heavy atom. The highest BCUT2D eigenvalue weighted by molar-refractivity contribution is 7.93. The summed E-state index contributed by atoms with van der Waals surface area (Å²) in [7, 11) is -3.31.